The van der Waals surface area contributed by atoms with Crippen molar-refractivity contribution in [3.63, 3.8) is 0 Å². The Morgan fingerprint density at radius 2 is 2.28 bits per heavy atom. The van der Waals surface area contributed by atoms with Crippen molar-refractivity contribution in [2.45, 2.75) is 23.8 Å². The van der Waals surface area contributed by atoms with E-state index < -0.39 is 9.84 Å². The molecule has 0 aromatic heterocycles. The smallest absolute Gasteiger partial charge is 0.182 e. The Morgan fingerprint density at radius 3 is 3.00 bits per heavy atom. The molecule has 1 aromatic carbocycles. The molecule has 1 aliphatic rings. The van der Waals surface area contributed by atoms with Crippen LogP contribution < -0.4 is 10.6 Å². The van der Waals surface area contributed by atoms with Crippen molar-refractivity contribution < 1.29 is 8.42 Å². The fourth-order valence-corrected chi connectivity index (χ4v) is 4.52. The van der Waals surface area contributed by atoms with Crippen molar-refractivity contribution in [3.8, 4) is 0 Å². The number of benzene rings is 1. The number of halogens is 1. The number of rotatable bonds is 4. The molecule has 0 amide bonds. The lowest BCUT2D eigenvalue weighted by Gasteiger charge is -2.27. The minimum Gasteiger partial charge on any atom is -0.379 e. The maximum absolute atomic E-state index is 12.2. The van der Waals surface area contributed by atoms with Gasteiger partial charge in [0.05, 0.1) is 16.3 Å². The second kappa shape index (κ2) is 5.59. The first-order chi connectivity index (χ1) is 8.54. The molecule has 1 aliphatic heterocycles. The zero-order valence-electron chi connectivity index (χ0n) is 10.2. The monoisotopic (exact) mass is 332 g/mol. The number of hydrogen-bond donors (Lipinski definition) is 2. The summed E-state index contributed by atoms with van der Waals surface area (Å²) in [6.45, 7) is 0.904. The van der Waals surface area contributed by atoms with Crippen molar-refractivity contribution in [3.05, 3.63) is 22.7 Å². The van der Waals surface area contributed by atoms with Gasteiger partial charge >= 0.3 is 0 Å². The van der Waals surface area contributed by atoms with Gasteiger partial charge < -0.3 is 10.6 Å². The lowest BCUT2D eigenvalue weighted by Crippen LogP contribution is -2.34. The Labute approximate surface area is 116 Å². The molecular weight excluding hydrogens is 316 g/mol. The third kappa shape index (κ3) is 2.87. The minimum absolute atomic E-state index is 0.00505. The molecule has 1 heterocycles. The number of nitrogens with one attached hydrogen (secondary N) is 2. The van der Waals surface area contributed by atoms with E-state index in [0.717, 1.165) is 23.9 Å². The molecule has 2 rings (SSSR count). The van der Waals surface area contributed by atoms with Crippen molar-refractivity contribution in [1.29, 1.82) is 0 Å². The van der Waals surface area contributed by atoms with Gasteiger partial charge in [0.2, 0.25) is 0 Å². The van der Waals surface area contributed by atoms with E-state index in [9.17, 15) is 8.42 Å². The third-order valence-corrected chi connectivity index (χ3v) is 5.57. The first kappa shape index (κ1) is 13.8. The molecule has 2 N–H and O–H groups in total. The number of para-hydroxylation sites is 1. The van der Waals surface area contributed by atoms with Crippen LogP contribution in [0.2, 0.25) is 0 Å². The van der Waals surface area contributed by atoms with E-state index in [1.165, 1.54) is 0 Å². The minimum atomic E-state index is -3.16. The maximum Gasteiger partial charge on any atom is 0.182 e. The summed E-state index contributed by atoms with van der Waals surface area (Å²) < 4.78 is 25.2. The van der Waals surface area contributed by atoms with Crippen LogP contribution in [-0.4, -0.2) is 33.8 Å². The number of hydrogen-bond acceptors (Lipinski definition) is 4. The van der Waals surface area contributed by atoms with Gasteiger partial charge in [-0.25, -0.2) is 8.42 Å². The molecule has 100 valence electrons. The molecule has 0 aliphatic carbocycles. The third-order valence-electron chi connectivity index (χ3n) is 3.06. The van der Waals surface area contributed by atoms with Crippen LogP contribution in [0.25, 0.3) is 0 Å². The van der Waals surface area contributed by atoms with Crippen LogP contribution in [0.5, 0.6) is 0 Å². The van der Waals surface area contributed by atoms with Gasteiger partial charge in [0.25, 0.3) is 0 Å². The van der Waals surface area contributed by atoms with Crippen LogP contribution in [-0.2, 0) is 9.84 Å². The molecule has 0 fully saturated rings. The van der Waals surface area contributed by atoms with Gasteiger partial charge in [0.1, 0.15) is 0 Å². The Balaban J connectivity index is 2.23. The Morgan fingerprint density at radius 1 is 1.50 bits per heavy atom. The first-order valence-electron chi connectivity index (χ1n) is 5.97. The molecule has 1 unspecified atom stereocenters. The van der Waals surface area contributed by atoms with Gasteiger partial charge in [0.15, 0.2) is 9.84 Å². The predicted octanol–water partition coefficient (Wildman–Crippen LogP) is 2.02. The van der Waals surface area contributed by atoms with Crippen LogP contribution in [0.1, 0.15) is 12.8 Å². The zero-order chi connectivity index (χ0) is 13.2. The fraction of sp³-hybridized carbons (Fsp3) is 0.500. The maximum atomic E-state index is 12.2. The number of anilines is 1. The molecule has 6 heteroatoms. The largest absolute Gasteiger partial charge is 0.379 e. The Kier molecular flexibility index (Phi) is 4.29. The highest BCUT2D eigenvalue weighted by Crippen LogP contribution is 2.35. The molecule has 0 saturated carbocycles. The summed E-state index contributed by atoms with van der Waals surface area (Å²) in [7, 11) is -1.26. The lowest BCUT2D eigenvalue weighted by molar-refractivity contribution is 0.569. The van der Waals surface area contributed by atoms with Crippen LogP contribution in [0.3, 0.4) is 0 Å². The van der Waals surface area contributed by atoms with Gasteiger partial charge in [-0.15, -0.1) is 0 Å². The highest BCUT2D eigenvalue weighted by molar-refractivity contribution is 9.10. The van der Waals surface area contributed by atoms with Crippen LogP contribution >= 0.6 is 15.9 Å². The van der Waals surface area contributed by atoms with Crippen molar-refractivity contribution in [2.75, 3.05) is 24.7 Å². The molecule has 1 aromatic rings. The zero-order valence-corrected chi connectivity index (χ0v) is 12.6. The molecule has 0 saturated heterocycles. The molecule has 0 bridgehead atoms. The SMILES string of the molecule is CNCCCC1CS(=O)(=O)c2cccc(Br)c2N1. The quantitative estimate of drug-likeness (QED) is 0.828. The van der Waals surface area contributed by atoms with E-state index >= 15 is 0 Å². The summed E-state index contributed by atoms with van der Waals surface area (Å²) >= 11 is 3.40. The summed E-state index contributed by atoms with van der Waals surface area (Å²) in [4.78, 5) is 0.404. The van der Waals surface area contributed by atoms with E-state index in [4.69, 9.17) is 0 Å². The second-order valence-electron chi connectivity index (χ2n) is 4.48. The summed E-state index contributed by atoms with van der Waals surface area (Å²) in [5.74, 6) is 0.181. The van der Waals surface area contributed by atoms with Gasteiger partial charge in [-0.3, -0.25) is 0 Å². The van der Waals surface area contributed by atoms with Crippen LogP contribution in [0.4, 0.5) is 5.69 Å². The highest BCUT2D eigenvalue weighted by atomic mass is 79.9. The van der Waals surface area contributed by atoms with Crippen molar-refractivity contribution in [2.24, 2.45) is 0 Å². The predicted molar refractivity (Wildman–Crippen MR) is 76.8 cm³/mol. The first-order valence-corrected chi connectivity index (χ1v) is 8.41. The molecular formula is C12H17BrN2O2S. The summed E-state index contributed by atoms with van der Waals surface area (Å²) in [6.07, 6.45) is 1.81. The number of fused-ring (bicyclic) bond motifs is 1. The molecule has 1 atom stereocenters. The van der Waals surface area contributed by atoms with E-state index in [1.54, 1.807) is 12.1 Å². The number of sulfone groups is 1. The molecule has 0 radical (unpaired) electrons. The van der Waals surface area contributed by atoms with Gasteiger partial charge in [0, 0.05) is 10.5 Å². The van der Waals surface area contributed by atoms with Crippen molar-refractivity contribution >= 4 is 31.5 Å². The Hall–Kier alpha value is -0.590. The normalized spacial score (nSPS) is 21.1. The van der Waals surface area contributed by atoms with Gasteiger partial charge in [-0.05, 0) is 54.5 Å². The van der Waals surface area contributed by atoms with Crippen LogP contribution in [0, 0.1) is 0 Å². The van der Waals surface area contributed by atoms with Crippen molar-refractivity contribution in [1.82, 2.24) is 5.32 Å². The average molecular weight is 333 g/mol. The fourth-order valence-electron chi connectivity index (χ4n) is 2.18. The summed E-state index contributed by atoms with van der Waals surface area (Å²) in [6, 6.07) is 5.27. The standard InChI is InChI=1S/C12H17BrN2O2S/c1-14-7-3-4-9-8-18(16,17)11-6-2-5-10(13)12(11)15-9/h2,5-6,9,14-15H,3-4,7-8H2,1H3. The topological polar surface area (TPSA) is 58.2 Å². The molecule has 4 nitrogen and oxygen atoms in total. The highest BCUT2D eigenvalue weighted by Gasteiger charge is 2.30. The van der Waals surface area contributed by atoms with Gasteiger partial charge in [-0.2, -0.15) is 0 Å². The molecule has 0 spiro atoms. The van der Waals surface area contributed by atoms with Crippen LogP contribution in [0.15, 0.2) is 27.6 Å². The van der Waals surface area contributed by atoms with E-state index in [-0.39, 0.29) is 11.8 Å². The second-order valence-corrected chi connectivity index (χ2v) is 7.34. The Bertz CT molecular complexity index is 531. The van der Waals surface area contributed by atoms with E-state index in [1.807, 2.05) is 13.1 Å². The molecule has 18 heavy (non-hydrogen) atoms. The summed E-state index contributed by atoms with van der Waals surface area (Å²) in [5.41, 5.74) is 0.707. The van der Waals surface area contributed by atoms with E-state index in [0.29, 0.717) is 10.6 Å². The average Bonchev–Trinajstić information content (AvgIpc) is 2.30. The lowest BCUT2D eigenvalue weighted by atomic mass is 10.1. The van der Waals surface area contributed by atoms with E-state index in [2.05, 4.69) is 26.6 Å². The summed E-state index contributed by atoms with van der Waals surface area (Å²) in [5, 5.41) is 6.40. The van der Waals surface area contributed by atoms with Gasteiger partial charge in [-0.1, -0.05) is 6.07 Å².